The van der Waals surface area contributed by atoms with E-state index in [0.29, 0.717) is 5.71 Å². The predicted molar refractivity (Wildman–Crippen MR) is 66.6 cm³/mol. The Morgan fingerprint density at radius 2 is 1.94 bits per heavy atom. The zero-order valence-corrected chi connectivity index (χ0v) is 10.5. The van der Waals surface area contributed by atoms with Crippen molar-refractivity contribution >= 4 is 23.6 Å². The second-order valence-electron chi connectivity index (χ2n) is 3.53. The first-order chi connectivity index (χ1) is 7.65. The van der Waals surface area contributed by atoms with Crippen LogP contribution in [0.1, 0.15) is 13.8 Å². The maximum absolute atomic E-state index is 11.4. The van der Waals surface area contributed by atoms with Gasteiger partial charge >= 0.3 is 5.97 Å². The maximum Gasteiger partial charge on any atom is 0.353 e. The normalized spacial score (nSPS) is 11.6. The summed E-state index contributed by atoms with van der Waals surface area (Å²) in [6.07, 6.45) is 0. The Kier molecular flexibility index (Phi) is 5.05. The van der Waals surface area contributed by atoms with E-state index in [1.54, 1.807) is 0 Å². The number of carbonyl (C=O) groups excluding carboxylic acids is 1. The number of carbonyl (C=O) groups is 1. The Morgan fingerprint density at radius 1 is 1.31 bits per heavy atom. The van der Waals surface area contributed by atoms with Crippen LogP contribution in [0.15, 0.2) is 39.6 Å². The molecule has 0 spiro atoms. The zero-order chi connectivity index (χ0) is 12.0. The lowest BCUT2D eigenvalue weighted by Crippen LogP contribution is -2.20. The van der Waals surface area contributed by atoms with E-state index in [2.05, 4.69) is 9.13 Å². The fourth-order valence-corrected chi connectivity index (χ4v) is 1.83. The van der Waals surface area contributed by atoms with E-state index < -0.39 is 0 Å². The van der Waals surface area contributed by atoms with Gasteiger partial charge < -0.3 is 4.74 Å². The molecule has 0 radical (unpaired) electrons. The summed E-state index contributed by atoms with van der Waals surface area (Å²) in [4.78, 5) is 12.4. The van der Waals surface area contributed by atoms with Gasteiger partial charge in [-0.3, -0.25) is 0 Å². The molecule has 1 aromatic rings. The van der Waals surface area contributed by atoms with Gasteiger partial charge in [-0.25, -0.2) is 9.19 Å². The number of hydrogen-bond acceptors (Lipinski definition) is 4. The van der Waals surface area contributed by atoms with Crippen LogP contribution in [-0.2, 0) is 9.53 Å². The first-order valence-electron chi connectivity index (χ1n) is 5.03. The van der Waals surface area contributed by atoms with Gasteiger partial charge in [0.2, 0.25) is 0 Å². The highest BCUT2D eigenvalue weighted by Gasteiger charge is 2.15. The highest BCUT2D eigenvalue weighted by molar-refractivity contribution is 7.98. The van der Waals surface area contributed by atoms with Gasteiger partial charge in [0.1, 0.15) is 5.71 Å². The van der Waals surface area contributed by atoms with Crippen molar-refractivity contribution in [1.82, 2.24) is 0 Å². The van der Waals surface area contributed by atoms with Gasteiger partial charge in [-0.2, -0.15) is 0 Å². The van der Waals surface area contributed by atoms with Crippen molar-refractivity contribution in [1.29, 1.82) is 0 Å². The fraction of sp³-hybridized carbons (Fsp3) is 0.333. The minimum Gasteiger partial charge on any atom is -0.465 e. The van der Waals surface area contributed by atoms with Crippen LogP contribution in [0.3, 0.4) is 0 Å². The molecule has 0 unspecified atom stereocenters. The van der Waals surface area contributed by atoms with E-state index >= 15 is 0 Å². The summed E-state index contributed by atoms with van der Waals surface area (Å²) in [6, 6.07) is 9.71. The molecule has 0 fully saturated rings. The molecular weight excluding hydrogens is 222 g/mol. The molecule has 16 heavy (non-hydrogen) atoms. The summed E-state index contributed by atoms with van der Waals surface area (Å²) < 4.78 is 8.90. The Hall–Kier alpha value is -1.29. The van der Waals surface area contributed by atoms with Gasteiger partial charge in [0.15, 0.2) is 0 Å². The van der Waals surface area contributed by atoms with Crippen LogP contribution < -0.4 is 0 Å². The lowest BCUT2D eigenvalue weighted by atomic mass is 10.1. The van der Waals surface area contributed by atoms with Gasteiger partial charge in [-0.05, 0) is 12.1 Å². The van der Waals surface area contributed by atoms with E-state index in [9.17, 15) is 4.79 Å². The van der Waals surface area contributed by atoms with Crippen LogP contribution in [-0.4, -0.2) is 18.8 Å². The SMILES string of the molecule is COC(=O)/C(=N/Sc1ccccc1)C(C)C. The van der Waals surface area contributed by atoms with Crippen LogP contribution >= 0.6 is 11.9 Å². The lowest BCUT2D eigenvalue weighted by molar-refractivity contribution is -0.132. The Morgan fingerprint density at radius 3 is 2.44 bits per heavy atom. The molecule has 1 aromatic carbocycles. The second-order valence-corrected chi connectivity index (χ2v) is 4.36. The summed E-state index contributed by atoms with van der Waals surface area (Å²) >= 11 is 1.29. The van der Waals surface area contributed by atoms with Crippen LogP contribution in [0, 0.1) is 5.92 Å². The molecule has 0 amide bonds. The lowest BCUT2D eigenvalue weighted by Gasteiger charge is -2.06. The van der Waals surface area contributed by atoms with E-state index in [-0.39, 0.29) is 11.9 Å². The number of methoxy groups -OCH3 is 1. The Balaban J connectivity index is 2.76. The van der Waals surface area contributed by atoms with Crippen molar-refractivity contribution < 1.29 is 9.53 Å². The second kappa shape index (κ2) is 6.33. The van der Waals surface area contributed by atoms with Gasteiger partial charge in [0, 0.05) is 22.8 Å². The molecule has 0 saturated carbocycles. The molecule has 0 bridgehead atoms. The Labute approximate surface area is 100 Å². The zero-order valence-electron chi connectivity index (χ0n) is 9.64. The van der Waals surface area contributed by atoms with Crippen LogP contribution in [0.25, 0.3) is 0 Å². The summed E-state index contributed by atoms with van der Waals surface area (Å²) in [6.45, 7) is 3.84. The van der Waals surface area contributed by atoms with E-state index in [4.69, 9.17) is 0 Å². The quantitative estimate of drug-likeness (QED) is 0.459. The van der Waals surface area contributed by atoms with Crippen molar-refractivity contribution in [3.63, 3.8) is 0 Å². The average Bonchev–Trinajstić information content (AvgIpc) is 2.30. The first-order valence-corrected chi connectivity index (χ1v) is 5.80. The number of rotatable bonds is 4. The minimum absolute atomic E-state index is 0.0589. The molecule has 0 aromatic heterocycles. The Bertz CT molecular complexity index is 374. The third kappa shape index (κ3) is 3.70. The largest absolute Gasteiger partial charge is 0.465 e. The van der Waals surface area contributed by atoms with Gasteiger partial charge in [-0.15, -0.1) is 0 Å². The molecule has 3 nitrogen and oxygen atoms in total. The standard InChI is InChI=1S/C12H15NO2S/c1-9(2)11(12(14)15-3)13-16-10-7-5-4-6-8-10/h4-9H,1-3H3/b13-11+. The third-order valence-electron chi connectivity index (χ3n) is 1.93. The van der Waals surface area contributed by atoms with Crippen molar-refractivity contribution in [3.8, 4) is 0 Å². The van der Waals surface area contributed by atoms with Crippen molar-refractivity contribution in [3.05, 3.63) is 30.3 Å². The number of benzene rings is 1. The first kappa shape index (κ1) is 12.8. The fourth-order valence-electron chi connectivity index (χ4n) is 1.07. The topological polar surface area (TPSA) is 38.7 Å². The predicted octanol–water partition coefficient (Wildman–Crippen LogP) is 2.96. The van der Waals surface area contributed by atoms with Crippen molar-refractivity contribution in [2.45, 2.75) is 18.7 Å². The number of esters is 1. The molecule has 0 atom stereocenters. The van der Waals surface area contributed by atoms with E-state index in [1.165, 1.54) is 19.1 Å². The van der Waals surface area contributed by atoms with Gasteiger partial charge in [0.05, 0.1) is 7.11 Å². The van der Waals surface area contributed by atoms with Crippen LogP contribution in [0.4, 0.5) is 0 Å². The van der Waals surface area contributed by atoms with Crippen LogP contribution in [0.2, 0.25) is 0 Å². The molecule has 1 rings (SSSR count). The highest BCUT2D eigenvalue weighted by atomic mass is 32.2. The number of hydrogen-bond donors (Lipinski definition) is 0. The van der Waals surface area contributed by atoms with Crippen LogP contribution in [0.5, 0.6) is 0 Å². The molecule has 4 heteroatoms. The molecule has 0 aliphatic heterocycles. The highest BCUT2D eigenvalue weighted by Crippen LogP contribution is 2.19. The molecule has 0 aliphatic rings. The summed E-state index contributed by atoms with van der Waals surface area (Å²) in [5, 5.41) is 0. The summed E-state index contributed by atoms with van der Waals surface area (Å²) in [7, 11) is 1.37. The number of ether oxygens (including phenoxy) is 1. The number of nitrogens with zero attached hydrogens (tertiary/aromatic N) is 1. The summed E-state index contributed by atoms with van der Waals surface area (Å²) in [5.41, 5.74) is 0.455. The maximum atomic E-state index is 11.4. The minimum atomic E-state index is -0.363. The van der Waals surface area contributed by atoms with E-state index in [0.717, 1.165) is 4.90 Å². The monoisotopic (exact) mass is 237 g/mol. The average molecular weight is 237 g/mol. The van der Waals surface area contributed by atoms with E-state index in [1.807, 2.05) is 44.2 Å². The smallest absolute Gasteiger partial charge is 0.353 e. The van der Waals surface area contributed by atoms with Gasteiger partial charge in [-0.1, -0.05) is 32.0 Å². The van der Waals surface area contributed by atoms with Crippen molar-refractivity contribution in [2.24, 2.45) is 10.3 Å². The molecule has 0 aliphatic carbocycles. The third-order valence-corrected chi connectivity index (χ3v) is 2.70. The molecule has 0 heterocycles. The molecule has 0 saturated heterocycles. The van der Waals surface area contributed by atoms with Crippen molar-refractivity contribution in [2.75, 3.05) is 7.11 Å². The van der Waals surface area contributed by atoms with Gasteiger partial charge in [0.25, 0.3) is 0 Å². The molecular formula is C12H15NO2S. The molecule has 0 N–H and O–H groups in total. The summed E-state index contributed by atoms with van der Waals surface area (Å²) in [5.74, 6) is -0.304. The molecule has 86 valence electrons.